The summed E-state index contributed by atoms with van der Waals surface area (Å²) in [5.41, 5.74) is 0. The number of allylic oxidation sites excluding steroid dienone is 8. The smallest absolute Gasteiger partial charge is 0.463 e. The summed E-state index contributed by atoms with van der Waals surface area (Å²) in [4.78, 5) is 34.0. The summed E-state index contributed by atoms with van der Waals surface area (Å²) in [5.74, 6) is -0.530. The monoisotopic (exact) mass is 838 g/mol. The van der Waals surface area contributed by atoms with E-state index < -0.39 is 26.5 Å². The normalized spacial score (nSPS) is 13.7. The number of rotatable bonds is 44. The van der Waals surface area contributed by atoms with Gasteiger partial charge in [0.1, 0.15) is 12.7 Å². The van der Waals surface area contributed by atoms with E-state index in [1.807, 2.05) is 0 Å². The largest absolute Gasteiger partial charge is 0.472 e. The molecular weight excluding hydrogens is 750 g/mol. The minimum atomic E-state index is -4.42. The van der Waals surface area contributed by atoms with E-state index in [0.717, 1.165) is 70.6 Å². The summed E-state index contributed by atoms with van der Waals surface area (Å²) in [6.07, 6.45) is 51.8. The van der Waals surface area contributed by atoms with Gasteiger partial charge in [0.05, 0.1) is 13.2 Å². The molecule has 2 atom stereocenters. The Balaban J connectivity index is 3.59. The van der Waals surface area contributed by atoms with Crippen LogP contribution in [0.25, 0.3) is 0 Å². The second-order valence-corrected chi connectivity index (χ2v) is 17.2. The number of phosphoric acid groups is 1. The highest BCUT2D eigenvalue weighted by molar-refractivity contribution is 7.47. The third-order valence-electron chi connectivity index (χ3n) is 9.98. The second kappa shape index (κ2) is 44.5. The second-order valence-electron chi connectivity index (χ2n) is 15.7. The van der Waals surface area contributed by atoms with Crippen LogP contribution in [0.5, 0.6) is 0 Å². The fraction of sp³-hybridized carbons (Fsp3) is 0.792. The number of nitrogens with one attached hydrogen (secondary N) is 1. The molecule has 0 aromatic heterocycles. The molecule has 0 aromatic rings. The molecule has 338 valence electrons. The Morgan fingerprint density at radius 1 is 0.534 bits per heavy atom. The topological polar surface area (TPSA) is 131 Å². The highest BCUT2D eigenvalue weighted by Crippen LogP contribution is 2.42. The predicted octanol–water partition coefficient (Wildman–Crippen LogP) is 13.5. The molecule has 2 unspecified atom stereocenters. The number of hydrogen-bond donors (Lipinski definition) is 3. The molecule has 1 amide bonds. The molecule has 0 spiro atoms. The summed E-state index contributed by atoms with van der Waals surface area (Å²) < 4.78 is 26.9. The number of amides is 1. The Bertz CT molecular complexity index is 1090. The summed E-state index contributed by atoms with van der Waals surface area (Å²) in [6, 6.07) is 0. The fourth-order valence-electron chi connectivity index (χ4n) is 6.38. The van der Waals surface area contributed by atoms with Crippen LogP contribution in [0, 0.1) is 0 Å². The van der Waals surface area contributed by atoms with E-state index in [1.54, 1.807) is 0 Å². The van der Waals surface area contributed by atoms with Gasteiger partial charge in [0.15, 0.2) is 0 Å². The lowest BCUT2D eigenvalue weighted by Crippen LogP contribution is -2.27. The lowest BCUT2D eigenvalue weighted by molar-refractivity contribution is -0.147. The molecule has 0 aliphatic heterocycles. The Labute approximate surface area is 355 Å². The van der Waals surface area contributed by atoms with Gasteiger partial charge in [0.25, 0.3) is 0 Å². The van der Waals surface area contributed by atoms with E-state index in [0.29, 0.717) is 6.42 Å². The highest BCUT2D eigenvalue weighted by Gasteiger charge is 2.23. The fourth-order valence-corrected chi connectivity index (χ4v) is 7.14. The van der Waals surface area contributed by atoms with Gasteiger partial charge in [-0.05, 0) is 77.0 Å². The Hall–Kier alpha value is -2.03. The summed E-state index contributed by atoms with van der Waals surface area (Å²) in [5, 5.41) is 12.7. The zero-order valence-electron chi connectivity index (χ0n) is 37.2. The van der Waals surface area contributed by atoms with Crippen LogP contribution in [0.4, 0.5) is 0 Å². The summed E-state index contributed by atoms with van der Waals surface area (Å²) in [7, 11) is -4.42. The number of unbranched alkanes of at least 4 members (excludes halogenated alkanes) is 23. The van der Waals surface area contributed by atoms with Gasteiger partial charge < -0.3 is 20.1 Å². The third-order valence-corrected chi connectivity index (χ3v) is 11.0. The number of aliphatic hydroxyl groups excluding tert-OH is 1. The van der Waals surface area contributed by atoms with Crippen molar-refractivity contribution in [2.24, 2.45) is 0 Å². The van der Waals surface area contributed by atoms with Gasteiger partial charge in [-0.25, -0.2) is 4.57 Å². The first-order valence-corrected chi connectivity index (χ1v) is 25.1. The van der Waals surface area contributed by atoms with Gasteiger partial charge in [0.2, 0.25) is 5.91 Å². The first-order chi connectivity index (χ1) is 28.3. The molecular formula is C48H88NO8P. The van der Waals surface area contributed by atoms with Crippen molar-refractivity contribution < 1.29 is 37.9 Å². The minimum Gasteiger partial charge on any atom is -0.463 e. The van der Waals surface area contributed by atoms with Crippen molar-refractivity contribution in [1.82, 2.24) is 5.32 Å². The third kappa shape index (κ3) is 45.1. The zero-order valence-corrected chi connectivity index (χ0v) is 38.1. The van der Waals surface area contributed by atoms with Crippen LogP contribution in [0.15, 0.2) is 48.6 Å². The molecule has 0 rings (SSSR count). The van der Waals surface area contributed by atoms with Crippen molar-refractivity contribution in [3.05, 3.63) is 48.6 Å². The lowest BCUT2D eigenvalue weighted by atomic mass is 10.0. The lowest BCUT2D eigenvalue weighted by Gasteiger charge is -2.15. The molecule has 10 heteroatoms. The van der Waals surface area contributed by atoms with E-state index in [2.05, 4.69) is 67.8 Å². The molecule has 9 nitrogen and oxygen atoms in total. The maximum absolute atomic E-state index is 12.1. The van der Waals surface area contributed by atoms with Crippen molar-refractivity contribution in [3.8, 4) is 0 Å². The number of phosphoric ester groups is 1. The van der Waals surface area contributed by atoms with Gasteiger partial charge in [-0.15, -0.1) is 0 Å². The van der Waals surface area contributed by atoms with Crippen LogP contribution in [-0.4, -0.2) is 54.3 Å². The number of aliphatic hydroxyl groups is 1. The average Bonchev–Trinajstić information content (AvgIpc) is 3.21. The highest BCUT2D eigenvalue weighted by atomic mass is 31.2. The quantitative estimate of drug-likeness (QED) is 0.0239. The van der Waals surface area contributed by atoms with E-state index >= 15 is 0 Å². The van der Waals surface area contributed by atoms with E-state index in [-0.39, 0.29) is 32.1 Å². The number of ether oxygens (including phenoxy) is 1. The number of carbonyl (C=O) groups excluding carboxylic acids is 2. The Morgan fingerprint density at radius 3 is 1.41 bits per heavy atom. The van der Waals surface area contributed by atoms with Crippen LogP contribution in [-0.2, 0) is 27.9 Å². The van der Waals surface area contributed by atoms with Crippen molar-refractivity contribution in [2.45, 2.75) is 219 Å². The van der Waals surface area contributed by atoms with Crippen LogP contribution in [0.1, 0.15) is 213 Å². The molecule has 0 saturated heterocycles. The SMILES string of the molecule is CCCCC/C=C\C/C=C\CCCCCCCCCCCCCC(=O)OCC(O)COP(=O)(O)OCCNC(=O)CCCCCCC/C=C\C/C=C\CCCCCC. The molecule has 58 heavy (non-hydrogen) atoms. The Kier molecular flexibility index (Phi) is 43.0. The molecule has 0 aliphatic rings. The van der Waals surface area contributed by atoms with Gasteiger partial charge in [0, 0.05) is 19.4 Å². The first-order valence-electron chi connectivity index (χ1n) is 23.6. The van der Waals surface area contributed by atoms with Gasteiger partial charge in [-0.3, -0.25) is 18.6 Å². The van der Waals surface area contributed by atoms with Gasteiger partial charge in [-0.2, -0.15) is 0 Å². The molecule has 0 aromatic carbocycles. The maximum Gasteiger partial charge on any atom is 0.472 e. The van der Waals surface area contributed by atoms with Gasteiger partial charge >= 0.3 is 13.8 Å². The van der Waals surface area contributed by atoms with Gasteiger partial charge in [-0.1, -0.05) is 172 Å². The molecule has 0 radical (unpaired) electrons. The molecule has 0 aliphatic carbocycles. The van der Waals surface area contributed by atoms with Crippen LogP contribution < -0.4 is 5.32 Å². The van der Waals surface area contributed by atoms with Crippen LogP contribution >= 0.6 is 7.82 Å². The average molecular weight is 838 g/mol. The number of esters is 1. The van der Waals surface area contributed by atoms with Crippen molar-refractivity contribution >= 4 is 19.7 Å². The van der Waals surface area contributed by atoms with Crippen molar-refractivity contribution in [2.75, 3.05) is 26.4 Å². The van der Waals surface area contributed by atoms with Crippen LogP contribution in [0.3, 0.4) is 0 Å². The van der Waals surface area contributed by atoms with Crippen LogP contribution in [0.2, 0.25) is 0 Å². The molecule has 0 saturated carbocycles. The summed E-state index contributed by atoms with van der Waals surface area (Å²) in [6.45, 7) is 3.51. The minimum absolute atomic E-state index is 0.0732. The molecule has 0 bridgehead atoms. The van der Waals surface area contributed by atoms with Crippen molar-refractivity contribution in [3.63, 3.8) is 0 Å². The maximum atomic E-state index is 12.1. The Morgan fingerprint density at radius 2 is 0.931 bits per heavy atom. The molecule has 3 N–H and O–H groups in total. The molecule has 0 fully saturated rings. The zero-order chi connectivity index (χ0) is 42.5. The summed E-state index contributed by atoms with van der Waals surface area (Å²) >= 11 is 0. The van der Waals surface area contributed by atoms with E-state index in [4.69, 9.17) is 13.8 Å². The van der Waals surface area contributed by atoms with Crippen molar-refractivity contribution in [1.29, 1.82) is 0 Å². The standard InChI is InChI=1S/C48H88NO8P/c1-3-5-7-9-11-13-15-17-19-21-22-23-24-25-27-29-31-33-35-37-39-41-48(52)55-44-46(50)45-57-58(53,54)56-43-42-49-47(51)40-38-36-34-32-30-28-26-20-18-16-14-12-10-8-6-4-2/h11,13-14,16-17,19-20,26,46,50H,3-10,12,15,18,21-25,27-45H2,1-2H3,(H,49,51)(H,53,54)/b13-11-,16-14-,19-17-,26-20-. The first kappa shape index (κ1) is 56.0. The number of hydrogen-bond acceptors (Lipinski definition) is 7. The predicted molar refractivity (Wildman–Crippen MR) is 243 cm³/mol. The van der Waals surface area contributed by atoms with E-state index in [9.17, 15) is 24.2 Å². The van der Waals surface area contributed by atoms with E-state index in [1.165, 1.54) is 116 Å². The number of carbonyl (C=O) groups is 2. The molecule has 0 heterocycles.